The number of amides is 3. The number of nitrogens with zero attached hydrogens (tertiary/aromatic N) is 3. The third kappa shape index (κ3) is 3.63. The predicted octanol–water partition coefficient (Wildman–Crippen LogP) is 2.71. The summed E-state index contributed by atoms with van der Waals surface area (Å²) in [5, 5.41) is 9.90. The summed E-state index contributed by atoms with van der Waals surface area (Å²) in [5.41, 5.74) is 1.09. The van der Waals surface area contributed by atoms with Crippen molar-refractivity contribution < 1.29 is 9.59 Å². The lowest BCUT2D eigenvalue weighted by Gasteiger charge is -2.34. The van der Waals surface area contributed by atoms with Gasteiger partial charge in [-0.1, -0.05) is 23.2 Å². The molecule has 1 aliphatic heterocycles. The minimum Gasteiger partial charge on any atom is -0.335 e. The van der Waals surface area contributed by atoms with Crippen LogP contribution in [0.15, 0.2) is 30.6 Å². The molecule has 9 heteroatoms. The van der Waals surface area contributed by atoms with E-state index < -0.39 is 0 Å². The Balaban J connectivity index is 1.57. The molecule has 1 aromatic heterocycles. The molecular weight excluding hydrogens is 353 g/mol. The maximum absolute atomic E-state index is 12.5. The van der Waals surface area contributed by atoms with Gasteiger partial charge in [0.25, 0.3) is 5.91 Å². The molecule has 0 bridgehead atoms. The number of piperazine rings is 1. The molecule has 0 saturated carbocycles. The normalized spacial score (nSPS) is 14.6. The number of anilines is 1. The number of hydrogen-bond donors (Lipinski definition) is 2. The summed E-state index contributed by atoms with van der Waals surface area (Å²) in [5.74, 6) is -0.122. The third-order valence-corrected chi connectivity index (χ3v) is 4.51. The van der Waals surface area contributed by atoms with Gasteiger partial charge in [-0.05, 0) is 18.2 Å². The first-order valence-corrected chi connectivity index (χ1v) is 8.09. The Bertz CT molecular complexity index is 742. The van der Waals surface area contributed by atoms with Crippen LogP contribution in [0.25, 0.3) is 0 Å². The molecule has 0 unspecified atom stereocenters. The highest BCUT2D eigenvalue weighted by atomic mass is 35.5. The number of aromatic nitrogens is 2. The maximum atomic E-state index is 12.5. The van der Waals surface area contributed by atoms with E-state index in [9.17, 15) is 9.59 Å². The predicted molar refractivity (Wildman–Crippen MR) is 91.5 cm³/mol. The van der Waals surface area contributed by atoms with Gasteiger partial charge in [0.05, 0.1) is 21.9 Å². The molecule has 1 aliphatic rings. The molecule has 126 valence electrons. The molecule has 0 atom stereocenters. The van der Waals surface area contributed by atoms with E-state index in [-0.39, 0.29) is 11.9 Å². The fourth-order valence-corrected chi connectivity index (χ4v) is 2.74. The first kappa shape index (κ1) is 16.6. The largest absolute Gasteiger partial charge is 0.335 e. The van der Waals surface area contributed by atoms with Crippen molar-refractivity contribution in [3.8, 4) is 0 Å². The second-order valence-electron chi connectivity index (χ2n) is 5.33. The van der Waals surface area contributed by atoms with E-state index in [1.807, 2.05) is 0 Å². The Labute approximate surface area is 148 Å². The molecule has 1 saturated heterocycles. The van der Waals surface area contributed by atoms with Crippen molar-refractivity contribution in [2.75, 3.05) is 31.5 Å². The highest BCUT2D eigenvalue weighted by molar-refractivity contribution is 6.42. The highest BCUT2D eigenvalue weighted by Crippen LogP contribution is 2.23. The minimum absolute atomic E-state index is 0.122. The van der Waals surface area contributed by atoms with Gasteiger partial charge in [0, 0.05) is 37.9 Å². The average Bonchev–Trinajstić information content (AvgIpc) is 3.10. The fraction of sp³-hybridized carbons (Fsp3) is 0.267. The van der Waals surface area contributed by atoms with E-state index >= 15 is 0 Å². The van der Waals surface area contributed by atoms with Gasteiger partial charge in [0.15, 0.2) is 0 Å². The number of hydrogen-bond acceptors (Lipinski definition) is 3. The maximum Gasteiger partial charge on any atom is 0.322 e. The molecule has 2 aromatic rings. The van der Waals surface area contributed by atoms with E-state index in [1.54, 1.807) is 34.2 Å². The second-order valence-corrected chi connectivity index (χ2v) is 6.14. The van der Waals surface area contributed by atoms with Crippen LogP contribution in [-0.4, -0.2) is 58.1 Å². The van der Waals surface area contributed by atoms with Gasteiger partial charge < -0.3 is 15.1 Å². The van der Waals surface area contributed by atoms with E-state index in [0.717, 1.165) is 0 Å². The molecule has 3 amide bonds. The first-order valence-electron chi connectivity index (χ1n) is 7.33. The number of rotatable bonds is 2. The molecule has 0 spiro atoms. The van der Waals surface area contributed by atoms with Gasteiger partial charge in [0.2, 0.25) is 0 Å². The number of benzene rings is 1. The van der Waals surface area contributed by atoms with Crippen molar-refractivity contribution >= 4 is 40.8 Å². The summed E-state index contributed by atoms with van der Waals surface area (Å²) in [6.07, 6.45) is 3.13. The number of carbonyl (C=O) groups is 2. The highest BCUT2D eigenvalue weighted by Gasteiger charge is 2.25. The summed E-state index contributed by atoms with van der Waals surface area (Å²) >= 11 is 11.8. The van der Waals surface area contributed by atoms with E-state index in [2.05, 4.69) is 15.5 Å². The van der Waals surface area contributed by atoms with Crippen LogP contribution in [0.4, 0.5) is 10.5 Å². The van der Waals surface area contributed by atoms with Crippen LogP contribution in [0.3, 0.4) is 0 Å². The zero-order chi connectivity index (χ0) is 17.1. The standard InChI is InChI=1S/C15H15Cl2N5O2/c16-12-2-1-10(7-13(12)17)14(23)21-3-5-22(6-4-21)15(24)20-11-8-18-19-9-11/h1-2,7-9H,3-6H2,(H,18,19)(H,20,24). The number of nitrogens with one attached hydrogen (secondary N) is 2. The average molecular weight is 368 g/mol. The molecule has 2 heterocycles. The lowest BCUT2D eigenvalue weighted by molar-refractivity contribution is 0.0671. The lowest BCUT2D eigenvalue weighted by Crippen LogP contribution is -2.51. The Morgan fingerprint density at radius 3 is 2.42 bits per heavy atom. The number of H-pyrrole nitrogens is 1. The van der Waals surface area contributed by atoms with Crippen molar-refractivity contribution in [2.45, 2.75) is 0 Å². The van der Waals surface area contributed by atoms with E-state index in [1.165, 1.54) is 6.20 Å². The summed E-state index contributed by atoms with van der Waals surface area (Å²) in [4.78, 5) is 28.0. The lowest BCUT2D eigenvalue weighted by atomic mass is 10.2. The first-order chi connectivity index (χ1) is 11.5. The van der Waals surface area contributed by atoms with Crippen LogP contribution in [0.2, 0.25) is 10.0 Å². The topological polar surface area (TPSA) is 81.3 Å². The van der Waals surface area contributed by atoms with Crippen LogP contribution in [-0.2, 0) is 0 Å². The van der Waals surface area contributed by atoms with Gasteiger partial charge in [-0.3, -0.25) is 9.89 Å². The number of halogens is 2. The van der Waals surface area contributed by atoms with Crippen LogP contribution < -0.4 is 5.32 Å². The molecular formula is C15H15Cl2N5O2. The Morgan fingerprint density at radius 1 is 1.08 bits per heavy atom. The van der Waals surface area contributed by atoms with Gasteiger partial charge in [-0.25, -0.2) is 4.79 Å². The summed E-state index contributed by atoms with van der Waals surface area (Å²) in [7, 11) is 0. The second kappa shape index (κ2) is 7.11. The van der Waals surface area contributed by atoms with Crippen LogP contribution >= 0.6 is 23.2 Å². The van der Waals surface area contributed by atoms with Crippen LogP contribution in [0, 0.1) is 0 Å². The van der Waals surface area contributed by atoms with Gasteiger partial charge >= 0.3 is 6.03 Å². The van der Waals surface area contributed by atoms with Crippen LogP contribution in [0.5, 0.6) is 0 Å². The smallest absolute Gasteiger partial charge is 0.322 e. The fourth-order valence-electron chi connectivity index (χ4n) is 2.45. The quantitative estimate of drug-likeness (QED) is 0.855. The Morgan fingerprint density at radius 2 is 1.79 bits per heavy atom. The number of urea groups is 1. The zero-order valence-electron chi connectivity index (χ0n) is 12.6. The Hall–Kier alpha value is -2.25. The monoisotopic (exact) mass is 367 g/mol. The van der Waals surface area contributed by atoms with Gasteiger partial charge in [-0.2, -0.15) is 5.10 Å². The third-order valence-electron chi connectivity index (χ3n) is 3.77. The van der Waals surface area contributed by atoms with Crippen molar-refractivity contribution in [3.05, 3.63) is 46.2 Å². The SMILES string of the molecule is O=C(Nc1cn[nH]c1)N1CCN(C(=O)c2ccc(Cl)c(Cl)c2)CC1. The van der Waals surface area contributed by atoms with E-state index in [4.69, 9.17) is 23.2 Å². The van der Waals surface area contributed by atoms with Gasteiger partial charge in [0.1, 0.15) is 0 Å². The molecule has 2 N–H and O–H groups in total. The summed E-state index contributed by atoms with van der Waals surface area (Å²) in [6.45, 7) is 1.82. The summed E-state index contributed by atoms with van der Waals surface area (Å²) < 4.78 is 0. The molecule has 1 fully saturated rings. The summed E-state index contributed by atoms with van der Waals surface area (Å²) in [6, 6.07) is 4.60. The Kier molecular flexibility index (Phi) is 4.92. The van der Waals surface area contributed by atoms with Crippen molar-refractivity contribution in [1.82, 2.24) is 20.0 Å². The number of aromatic amines is 1. The molecule has 3 rings (SSSR count). The van der Waals surface area contributed by atoms with Crippen molar-refractivity contribution in [1.29, 1.82) is 0 Å². The van der Waals surface area contributed by atoms with Gasteiger partial charge in [-0.15, -0.1) is 0 Å². The van der Waals surface area contributed by atoms with Crippen molar-refractivity contribution in [3.63, 3.8) is 0 Å². The molecule has 0 radical (unpaired) electrons. The van der Waals surface area contributed by atoms with Crippen LogP contribution in [0.1, 0.15) is 10.4 Å². The minimum atomic E-state index is -0.210. The number of carbonyl (C=O) groups excluding carboxylic acids is 2. The zero-order valence-corrected chi connectivity index (χ0v) is 14.1. The van der Waals surface area contributed by atoms with E-state index in [0.29, 0.717) is 47.5 Å². The molecule has 7 nitrogen and oxygen atoms in total. The molecule has 24 heavy (non-hydrogen) atoms. The van der Waals surface area contributed by atoms with Crippen molar-refractivity contribution in [2.24, 2.45) is 0 Å². The molecule has 1 aromatic carbocycles. The molecule has 0 aliphatic carbocycles.